The Labute approximate surface area is 270 Å². The zero-order valence-corrected chi connectivity index (χ0v) is 27.0. The van der Waals surface area contributed by atoms with Crippen LogP contribution in [0, 0.1) is 6.92 Å². The van der Waals surface area contributed by atoms with Gasteiger partial charge in [0.25, 0.3) is 0 Å². The molecule has 236 valence electrons. The molecule has 5 heterocycles. The molecule has 3 aromatic heterocycles. The van der Waals surface area contributed by atoms with Crippen LogP contribution in [0.15, 0.2) is 79.0 Å². The minimum absolute atomic E-state index is 0.0435. The minimum atomic E-state index is -0.0435. The molecule has 0 aliphatic carbocycles. The smallest absolute Gasteiger partial charge is 0.217 e. The van der Waals surface area contributed by atoms with Crippen molar-refractivity contribution >= 4 is 28.6 Å². The average Bonchev–Trinajstić information content (AvgIpc) is 3.53. The monoisotopic (exact) mass is 614 g/mol. The number of anilines is 2. The van der Waals surface area contributed by atoms with E-state index in [-0.39, 0.29) is 6.04 Å². The van der Waals surface area contributed by atoms with E-state index in [1.807, 2.05) is 12.4 Å². The summed E-state index contributed by atoms with van der Waals surface area (Å²) in [5, 5.41) is 8.44. The largest absolute Gasteiger partial charge is 0.481 e. The fourth-order valence-electron chi connectivity index (χ4n) is 6.77. The summed E-state index contributed by atoms with van der Waals surface area (Å²) in [6.45, 7) is 8.13. The number of methoxy groups -OCH3 is 1. The molecule has 3 N–H and O–H groups in total. The molecule has 46 heavy (non-hydrogen) atoms. The summed E-state index contributed by atoms with van der Waals surface area (Å²) < 4.78 is 5.67. The lowest BCUT2D eigenvalue weighted by Crippen LogP contribution is -2.40. The Morgan fingerprint density at radius 1 is 1.04 bits per heavy atom. The molecule has 0 bridgehead atoms. The molecule has 1 atom stereocenters. The van der Waals surface area contributed by atoms with Gasteiger partial charge >= 0.3 is 0 Å². The summed E-state index contributed by atoms with van der Waals surface area (Å²) in [4.78, 5) is 22.2. The van der Waals surface area contributed by atoms with Gasteiger partial charge in [0.2, 0.25) is 5.88 Å². The first-order valence-electron chi connectivity index (χ1n) is 16.1. The highest BCUT2D eigenvalue weighted by Crippen LogP contribution is 2.37. The lowest BCUT2D eigenvalue weighted by atomic mass is 9.94. The Balaban J connectivity index is 1.21. The molecule has 7 rings (SSSR count). The van der Waals surface area contributed by atoms with Crippen LogP contribution in [0.4, 0.5) is 11.5 Å². The predicted molar refractivity (Wildman–Crippen MR) is 186 cm³/mol. The summed E-state index contributed by atoms with van der Waals surface area (Å²) in [6, 6.07) is 19.8. The minimum Gasteiger partial charge on any atom is -0.481 e. The van der Waals surface area contributed by atoms with Gasteiger partial charge in [0.05, 0.1) is 18.5 Å². The van der Waals surface area contributed by atoms with Crippen molar-refractivity contribution in [3.8, 4) is 17.0 Å². The number of piperidine rings is 1. The van der Waals surface area contributed by atoms with Gasteiger partial charge < -0.3 is 30.2 Å². The highest BCUT2D eigenvalue weighted by Gasteiger charge is 2.26. The number of nitrogens with zero attached hydrogens (tertiary/aromatic N) is 5. The third-order valence-corrected chi connectivity index (χ3v) is 9.44. The van der Waals surface area contributed by atoms with E-state index >= 15 is 0 Å². The van der Waals surface area contributed by atoms with Crippen LogP contribution in [0.25, 0.3) is 28.2 Å². The maximum atomic E-state index is 5.67. The second-order valence-corrected chi connectivity index (χ2v) is 12.5. The molecular weight excluding hydrogens is 572 g/mol. The van der Waals surface area contributed by atoms with Crippen molar-refractivity contribution in [3.05, 3.63) is 101 Å². The number of aromatic nitrogens is 4. The van der Waals surface area contributed by atoms with E-state index in [2.05, 4.69) is 112 Å². The number of nitrogens with one attached hydrogen (secondary N) is 3. The van der Waals surface area contributed by atoms with Crippen LogP contribution in [-0.4, -0.2) is 64.2 Å². The number of fused-ring (bicyclic) bond motifs is 2. The number of pyridine rings is 1. The molecule has 0 amide bonds. The van der Waals surface area contributed by atoms with Crippen LogP contribution in [-0.2, 0) is 13.1 Å². The van der Waals surface area contributed by atoms with Gasteiger partial charge in [0, 0.05) is 59.6 Å². The fraction of sp³-hybridized carbons (Fsp3) is 0.324. The molecule has 0 spiro atoms. The second-order valence-electron chi connectivity index (χ2n) is 12.5. The lowest BCUT2D eigenvalue weighted by molar-refractivity contribution is 0.233. The van der Waals surface area contributed by atoms with Crippen LogP contribution in [0.3, 0.4) is 0 Å². The van der Waals surface area contributed by atoms with E-state index in [0.717, 1.165) is 71.7 Å². The Bertz CT molecular complexity index is 1860. The van der Waals surface area contributed by atoms with Crippen molar-refractivity contribution in [2.45, 2.75) is 51.9 Å². The SMILES string of the molecule is COc1ncc(-c2c[nH]c3ncnc(NC(C)C4=Cc5cccc(C)c5CN4c4ccccc4)c23)cc1CNC1CCN(C)CC1. The number of para-hydroxylation sites is 1. The number of H-pyrrole nitrogens is 1. The second kappa shape index (κ2) is 12.9. The van der Waals surface area contributed by atoms with Gasteiger partial charge in [-0.05, 0) is 87.8 Å². The molecule has 9 heteroatoms. The Kier molecular flexibility index (Phi) is 8.43. The molecule has 1 unspecified atom stereocenters. The highest BCUT2D eigenvalue weighted by molar-refractivity contribution is 6.01. The summed E-state index contributed by atoms with van der Waals surface area (Å²) >= 11 is 0. The number of likely N-dealkylation sites (tertiary alicyclic amines) is 1. The van der Waals surface area contributed by atoms with Crippen LogP contribution < -0.4 is 20.3 Å². The van der Waals surface area contributed by atoms with Gasteiger partial charge in [-0.2, -0.15) is 0 Å². The van der Waals surface area contributed by atoms with E-state index in [1.54, 1.807) is 13.4 Å². The van der Waals surface area contributed by atoms with Crippen molar-refractivity contribution in [1.82, 2.24) is 30.2 Å². The molecule has 5 aromatic rings. The molecule has 0 saturated carbocycles. The number of hydrogen-bond acceptors (Lipinski definition) is 8. The van der Waals surface area contributed by atoms with Crippen LogP contribution in [0.5, 0.6) is 5.88 Å². The summed E-state index contributed by atoms with van der Waals surface area (Å²) in [5.74, 6) is 1.42. The van der Waals surface area contributed by atoms with Crippen molar-refractivity contribution in [3.63, 3.8) is 0 Å². The van der Waals surface area contributed by atoms with Crippen molar-refractivity contribution in [1.29, 1.82) is 0 Å². The van der Waals surface area contributed by atoms with Crippen LogP contribution in [0.2, 0.25) is 0 Å². The van der Waals surface area contributed by atoms with Gasteiger partial charge in [0.1, 0.15) is 17.8 Å². The first-order chi connectivity index (χ1) is 22.5. The molecule has 2 aliphatic heterocycles. The van der Waals surface area contributed by atoms with E-state index in [1.165, 1.54) is 22.4 Å². The third-order valence-electron chi connectivity index (χ3n) is 9.44. The standard InChI is InChI=1S/C37H42N8O/c1-24-9-8-10-26-18-33(45(22-32(24)26)30-11-6-5-7-12-30)25(2)43-36-34-31(21-39-35(34)41-23-42-36)27-17-28(37(46-4)40-19-27)20-38-29-13-15-44(3)16-14-29/h5-12,17-19,21,23,25,29,38H,13-16,20,22H2,1-4H3,(H2,39,41,42,43). The quantitative estimate of drug-likeness (QED) is 0.176. The van der Waals surface area contributed by atoms with Crippen molar-refractivity contribution in [2.24, 2.45) is 0 Å². The van der Waals surface area contributed by atoms with Crippen molar-refractivity contribution in [2.75, 3.05) is 37.5 Å². The number of hydrogen-bond donors (Lipinski definition) is 3. The molecule has 2 aromatic carbocycles. The molecular formula is C37H42N8O. The van der Waals surface area contributed by atoms with Gasteiger partial charge in [-0.1, -0.05) is 36.4 Å². The zero-order valence-electron chi connectivity index (χ0n) is 27.0. The van der Waals surface area contributed by atoms with Gasteiger partial charge in [-0.15, -0.1) is 0 Å². The van der Waals surface area contributed by atoms with E-state index in [4.69, 9.17) is 14.7 Å². The Morgan fingerprint density at radius 3 is 2.67 bits per heavy atom. The number of benzene rings is 2. The van der Waals surface area contributed by atoms with Crippen LogP contribution in [0.1, 0.15) is 42.0 Å². The number of ether oxygens (including phenoxy) is 1. The van der Waals surface area contributed by atoms with E-state index < -0.39 is 0 Å². The summed E-state index contributed by atoms with van der Waals surface area (Å²) in [6.07, 6.45) is 10.1. The molecule has 9 nitrogen and oxygen atoms in total. The van der Waals surface area contributed by atoms with E-state index in [9.17, 15) is 0 Å². The molecule has 0 radical (unpaired) electrons. The third kappa shape index (κ3) is 5.96. The van der Waals surface area contributed by atoms with Crippen LogP contribution >= 0.6 is 0 Å². The lowest BCUT2D eigenvalue weighted by Gasteiger charge is -2.36. The molecule has 1 saturated heterocycles. The van der Waals surface area contributed by atoms with Gasteiger partial charge in [0.15, 0.2) is 0 Å². The maximum absolute atomic E-state index is 5.67. The average molecular weight is 615 g/mol. The van der Waals surface area contributed by atoms with Gasteiger partial charge in [-0.25, -0.2) is 15.0 Å². The zero-order chi connectivity index (χ0) is 31.6. The summed E-state index contributed by atoms with van der Waals surface area (Å²) in [7, 11) is 3.87. The normalized spacial score (nSPS) is 16.3. The Hall–Kier alpha value is -4.73. The predicted octanol–water partition coefficient (Wildman–Crippen LogP) is 6.38. The number of rotatable bonds is 9. The fourth-order valence-corrected chi connectivity index (χ4v) is 6.77. The number of aromatic amines is 1. The van der Waals surface area contributed by atoms with Crippen molar-refractivity contribution < 1.29 is 4.74 Å². The highest BCUT2D eigenvalue weighted by atomic mass is 16.5. The first-order valence-corrected chi connectivity index (χ1v) is 16.1. The molecule has 1 fully saturated rings. The van der Waals surface area contributed by atoms with Gasteiger partial charge in [-0.3, -0.25) is 0 Å². The molecule has 2 aliphatic rings. The van der Waals surface area contributed by atoms with E-state index in [0.29, 0.717) is 18.5 Å². The number of aryl methyl sites for hydroxylation is 1. The Morgan fingerprint density at radius 2 is 1.87 bits per heavy atom. The first kappa shape index (κ1) is 30.0. The maximum Gasteiger partial charge on any atom is 0.217 e. The topological polar surface area (TPSA) is 94.2 Å². The summed E-state index contributed by atoms with van der Waals surface area (Å²) in [5.41, 5.74) is 10.1.